The Morgan fingerprint density at radius 2 is 2.22 bits per heavy atom. The van der Waals surface area contributed by atoms with E-state index in [1.54, 1.807) is 6.92 Å². The molecular formula is C15H22O3. The van der Waals surface area contributed by atoms with E-state index in [1.165, 1.54) is 0 Å². The third-order valence-electron chi connectivity index (χ3n) is 3.63. The van der Waals surface area contributed by atoms with Crippen LogP contribution in [-0.4, -0.2) is 18.4 Å². The van der Waals surface area contributed by atoms with Gasteiger partial charge in [-0.05, 0) is 32.6 Å². The van der Waals surface area contributed by atoms with E-state index in [4.69, 9.17) is 11.2 Å². The van der Waals surface area contributed by atoms with Crippen molar-refractivity contribution >= 4 is 11.8 Å². The Morgan fingerprint density at radius 3 is 2.83 bits per heavy atom. The zero-order valence-electron chi connectivity index (χ0n) is 11.2. The van der Waals surface area contributed by atoms with E-state index in [9.17, 15) is 9.59 Å². The minimum absolute atomic E-state index is 0.0629. The van der Waals surface area contributed by atoms with E-state index in [-0.39, 0.29) is 11.8 Å². The summed E-state index contributed by atoms with van der Waals surface area (Å²) in [4.78, 5) is 24.3. The van der Waals surface area contributed by atoms with Crippen molar-refractivity contribution in [3.05, 3.63) is 0 Å². The van der Waals surface area contributed by atoms with Gasteiger partial charge < -0.3 is 4.74 Å². The predicted octanol–water partition coefficient (Wildman–Crippen LogP) is 2.87. The number of terminal acetylenes is 1. The number of rotatable bonds is 6. The first-order chi connectivity index (χ1) is 8.67. The first-order valence-electron chi connectivity index (χ1n) is 6.81. The quantitative estimate of drug-likeness (QED) is 0.315. The molecule has 1 aliphatic carbocycles. The lowest BCUT2D eigenvalue weighted by molar-refractivity contribution is -0.163. The first kappa shape index (κ1) is 14.8. The monoisotopic (exact) mass is 250 g/mol. The van der Waals surface area contributed by atoms with Gasteiger partial charge in [0.1, 0.15) is 11.2 Å². The zero-order valence-corrected chi connectivity index (χ0v) is 11.2. The van der Waals surface area contributed by atoms with Gasteiger partial charge in [0.25, 0.3) is 0 Å². The maximum Gasteiger partial charge on any atom is 0.319 e. The average molecular weight is 250 g/mol. The maximum atomic E-state index is 12.2. The summed E-state index contributed by atoms with van der Waals surface area (Å²) in [5.41, 5.74) is -0.872. The summed E-state index contributed by atoms with van der Waals surface area (Å²) in [5.74, 6) is 2.32. The predicted molar refractivity (Wildman–Crippen MR) is 69.8 cm³/mol. The molecule has 0 aliphatic heterocycles. The summed E-state index contributed by atoms with van der Waals surface area (Å²) < 4.78 is 5.11. The topological polar surface area (TPSA) is 43.4 Å². The molecule has 0 radical (unpaired) electrons. The summed E-state index contributed by atoms with van der Waals surface area (Å²) in [6.07, 6.45) is 11.1. The number of carbonyl (C=O) groups excluding carboxylic acids is 2. The molecule has 1 rings (SSSR count). The second kappa shape index (κ2) is 7.20. The van der Waals surface area contributed by atoms with Crippen LogP contribution in [0.5, 0.6) is 0 Å². The molecule has 0 aromatic rings. The van der Waals surface area contributed by atoms with Gasteiger partial charge in [-0.2, -0.15) is 0 Å². The first-order valence-corrected chi connectivity index (χ1v) is 6.81. The lowest BCUT2D eigenvalue weighted by atomic mass is 9.70. The fourth-order valence-electron chi connectivity index (χ4n) is 2.60. The summed E-state index contributed by atoms with van der Waals surface area (Å²) in [5, 5.41) is 0. The Balaban J connectivity index is 2.70. The molecule has 1 saturated carbocycles. The molecule has 0 aromatic heterocycles. The van der Waals surface area contributed by atoms with Crippen LogP contribution in [0.3, 0.4) is 0 Å². The number of hydrogen-bond donors (Lipinski definition) is 0. The molecule has 1 fully saturated rings. The molecule has 0 N–H and O–H groups in total. The molecule has 0 unspecified atom stereocenters. The van der Waals surface area contributed by atoms with E-state index in [0.29, 0.717) is 32.3 Å². The van der Waals surface area contributed by atoms with Gasteiger partial charge in [-0.25, -0.2) is 0 Å². The van der Waals surface area contributed by atoms with Crippen LogP contribution in [0.25, 0.3) is 0 Å². The van der Waals surface area contributed by atoms with Crippen LogP contribution in [0.4, 0.5) is 0 Å². The lowest BCUT2D eigenvalue weighted by Gasteiger charge is -2.33. The van der Waals surface area contributed by atoms with Crippen LogP contribution < -0.4 is 0 Å². The Labute approximate surface area is 109 Å². The molecule has 100 valence electrons. The van der Waals surface area contributed by atoms with Gasteiger partial charge in [0, 0.05) is 12.8 Å². The molecular weight excluding hydrogens is 228 g/mol. The molecule has 0 aromatic carbocycles. The number of ether oxygens (including phenoxy) is 1. The van der Waals surface area contributed by atoms with E-state index < -0.39 is 5.41 Å². The number of Topliss-reactive ketones (excluding diaryl/α,β-unsaturated/α-hetero) is 1. The average Bonchev–Trinajstić information content (AvgIpc) is 2.37. The highest BCUT2D eigenvalue weighted by Crippen LogP contribution is 2.39. The highest BCUT2D eigenvalue weighted by atomic mass is 16.5. The molecule has 3 nitrogen and oxygen atoms in total. The molecule has 0 amide bonds. The normalized spacial score (nSPS) is 23.4. The van der Waals surface area contributed by atoms with Gasteiger partial charge in [0.2, 0.25) is 0 Å². The van der Waals surface area contributed by atoms with Crippen molar-refractivity contribution < 1.29 is 14.3 Å². The number of carbonyl (C=O) groups is 2. The molecule has 3 heteroatoms. The van der Waals surface area contributed by atoms with Gasteiger partial charge in [-0.15, -0.1) is 12.3 Å². The second-order valence-electron chi connectivity index (χ2n) is 4.84. The van der Waals surface area contributed by atoms with Crippen molar-refractivity contribution in [1.29, 1.82) is 0 Å². The summed E-state index contributed by atoms with van der Waals surface area (Å²) in [7, 11) is 0. The van der Waals surface area contributed by atoms with Crippen molar-refractivity contribution in [2.45, 2.75) is 58.3 Å². The molecule has 18 heavy (non-hydrogen) atoms. The molecule has 0 saturated heterocycles. The maximum absolute atomic E-state index is 12.2. The Bertz CT molecular complexity index is 340. The third-order valence-corrected chi connectivity index (χ3v) is 3.63. The fourth-order valence-corrected chi connectivity index (χ4v) is 2.60. The van der Waals surface area contributed by atoms with Crippen LogP contribution in [0, 0.1) is 17.8 Å². The zero-order chi connectivity index (χ0) is 13.4. The van der Waals surface area contributed by atoms with E-state index in [2.05, 4.69) is 5.92 Å². The van der Waals surface area contributed by atoms with E-state index >= 15 is 0 Å². The number of unbranched alkanes of at least 4 members (excludes halogenated alkanes) is 2. The Morgan fingerprint density at radius 1 is 1.44 bits per heavy atom. The Hall–Kier alpha value is -1.30. The van der Waals surface area contributed by atoms with E-state index in [1.807, 2.05) is 0 Å². The third kappa shape index (κ3) is 3.35. The smallest absolute Gasteiger partial charge is 0.319 e. The van der Waals surface area contributed by atoms with Crippen LogP contribution in [0.2, 0.25) is 0 Å². The van der Waals surface area contributed by atoms with Gasteiger partial charge in [-0.3, -0.25) is 9.59 Å². The van der Waals surface area contributed by atoms with Crippen molar-refractivity contribution in [2.75, 3.05) is 6.61 Å². The Kier molecular flexibility index (Phi) is 5.91. The summed E-state index contributed by atoms with van der Waals surface area (Å²) in [6.45, 7) is 2.11. The number of ketones is 1. The fraction of sp³-hybridized carbons (Fsp3) is 0.733. The highest BCUT2D eigenvalue weighted by Gasteiger charge is 2.47. The van der Waals surface area contributed by atoms with Crippen LogP contribution in [0.1, 0.15) is 58.3 Å². The van der Waals surface area contributed by atoms with Crippen LogP contribution in [0.15, 0.2) is 0 Å². The van der Waals surface area contributed by atoms with Gasteiger partial charge >= 0.3 is 5.97 Å². The molecule has 0 bridgehead atoms. The molecule has 0 heterocycles. The van der Waals surface area contributed by atoms with Crippen molar-refractivity contribution in [2.24, 2.45) is 5.41 Å². The van der Waals surface area contributed by atoms with E-state index in [0.717, 1.165) is 25.7 Å². The molecule has 0 spiro atoms. The lowest BCUT2D eigenvalue weighted by Crippen LogP contribution is -2.43. The van der Waals surface area contributed by atoms with Crippen molar-refractivity contribution in [1.82, 2.24) is 0 Å². The van der Waals surface area contributed by atoms with Gasteiger partial charge in [0.15, 0.2) is 0 Å². The standard InChI is InChI=1S/C15H22O3/c1-3-5-6-8-11-15(14(17)18-4-2)12-9-7-10-13(15)16/h1H,4-12H2,2H3/t15-/m1/s1. The minimum Gasteiger partial charge on any atom is -0.465 e. The second-order valence-corrected chi connectivity index (χ2v) is 4.84. The molecule has 1 atom stereocenters. The van der Waals surface area contributed by atoms with Gasteiger partial charge in [0.05, 0.1) is 6.61 Å². The van der Waals surface area contributed by atoms with Crippen LogP contribution in [-0.2, 0) is 14.3 Å². The summed E-state index contributed by atoms with van der Waals surface area (Å²) in [6, 6.07) is 0. The van der Waals surface area contributed by atoms with Crippen molar-refractivity contribution in [3.63, 3.8) is 0 Å². The molecule has 1 aliphatic rings. The number of esters is 1. The number of hydrogen-bond acceptors (Lipinski definition) is 3. The van der Waals surface area contributed by atoms with Gasteiger partial charge in [-0.1, -0.05) is 12.8 Å². The van der Waals surface area contributed by atoms with Crippen LogP contribution >= 0.6 is 0 Å². The summed E-state index contributed by atoms with van der Waals surface area (Å²) >= 11 is 0. The SMILES string of the molecule is C#CCCCC[C@@]1(C(=O)OCC)CCCCC1=O. The highest BCUT2D eigenvalue weighted by molar-refractivity contribution is 6.04. The minimum atomic E-state index is -0.872. The van der Waals surface area contributed by atoms with Crippen molar-refractivity contribution in [3.8, 4) is 12.3 Å². The largest absolute Gasteiger partial charge is 0.465 e.